The normalized spacial score (nSPS) is 12.8. The summed E-state index contributed by atoms with van der Waals surface area (Å²) in [5.74, 6) is -0.405. The van der Waals surface area contributed by atoms with E-state index in [9.17, 15) is 4.79 Å². The molecule has 0 saturated carbocycles. The summed E-state index contributed by atoms with van der Waals surface area (Å²) in [5, 5.41) is 20.2. The van der Waals surface area contributed by atoms with Crippen molar-refractivity contribution in [1.29, 1.82) is 0 Å². The van der Waals surface area contributed by atoms with Crippen LogP contribution in [-0.2, 0) is 4.79 Å². The average Bonchev–Trinajstić information content (AvgIpc) is 2.02. The summed E-state index contributed by atoms with van der Waals surface area (Å²) in [4.78, 5) is 11.3. The first-order valence-electron chi connectivity index (χ1n) is 4.08. The molecule has 0 bridgehead atoms. The Balaban J connectivity index is 4.35. The first-order valence-corrected chi connectivity index (χ1v) is 4.08. The third kappa shape index (κ3) is 3.71. The molecule has 0 radical (unpaired) electrons. The number of hydrogen-bond acceptors (Lipinski definition) is 4. The minimum Gasteiger partial charge on any atom is -0.394 e. The van der Waals surface area contributed by atoms with Gasteiger partial charge in [-0.05, 0) is 20.8 Å². The molecule has 0 aromatic heterocycles. The number of amides is 1. The molecule has 1 amide bonds. The highest BCUT2D eigenvalue weighted by atomic mass is 16.3. The average molecular weight is 190 g/mol. The van der Waals surface area contributed by atoms with Crippen LogP contribution < -0.4 is 11.1 Å². The molecule has 0 fully saturated rings. The highest BCUT2D eigenvalue weighted by Crippen LogP contribution is 2.04. The Kier molecular flexibility index (Phi) is 3.84. The van der Waals surface area contributed by atoms with Crippen LogP contribution in [0.15, 0.2) is 0 Å². The molecule has 0 heterocycles. The molecule has 0 aliphatic rings. The third-order valence-corrected chi connectivity index (χ3v) is 1.70. The molecule has 5 N–H and O–H groups in total. The number of carbonyl (C=O) groups is 1. The number of aliphatic hydroxyl groups excluding tert-OH is 2. The fourth-order valence-corrected chi connectivity index (χ4v) is 0.564. The van der Waals surface area contributed by atoms with Gasteiger partial charge in [0.2, 0.25) is 5.91 Å². The Hall–Kier alpha value is -0.650. The van der Waals surface area contributed by atoms with Crippen molar-refractivity contribution >= 4 is 5.91 Å². The van der Waals surface area contributed by atoms with Gasteiger partial charge in [-0.2, -0.15) is 0 Å². The Bertz CT molecular complexity index is 182. The van der Waals surface area contributed by atoms with Crippen LogP contribution in [0.2, 0.25) is 0 Å². The molecule has 0 atom stereocenters. The maximum atomic E-state index is 11.3. The Morgan fingerprint density at radius 3 is 1.92 bits per heavy atom. The molecule has 78 valence electrons. The second-order valence-corrected chi connectivity index (χ2v) is 4.05. The van der Waals surface area contributed by atoms with Crippen molar-refractivity contribution in [2.75, 3.05) is 13.2 Å². The maximum Gasteiger partial charge on any atom is 0.240 e. The van der Waals surface area contributed by atoms with E-state index in [4.69, 9.17) is 15.9 Å². The SMILES string of the molecule is CC(CO)(CO)NC(=O)C(C)(C)N. The van der Waals surface area contributed by atoms with E-state index in [1.54, 1.807) is 13.8 Å². The van der Waals surface area contributed by atoms with E-state index in [0.717, 1.165) is 0 Å². The molecule has 0 aliphatic heterocycles. The van der Waals surface area contributed by atoms with Crippen molar-refractivity contribution in [2.45, 2.75) is 31.8 Å². The van der Waals surface area contributed by atoms with Gasteiger partial charge in [-0.1, -0.05) is 0 Å². The molecule has 0 spiro atoms. The van der Waals surface area contributed by atoms with Crippen LogP contribution in [-0.4, -0.2) is 40.4 Å². The Morgan fingerprint density at radius 1 is 1.31 bits per heavy atom. The van der Waals surface area contributed by atoms with Crippen molar-refractivity contribution in [3.63, 3.8) is 0 Å². The number of nitrogens with two attached hydrogens (primary N) is 1. The number of hydrogen-bond donors (Lipinski definition) is 4. The van der Waals surface area contributed by atoms with E-state index in [-0.39, 0.29) is 13.2 Å². The van der Waals surface area contributed by atoms with Crippen molar-refractivity contribution in [3.8, 4) is 0 Å². The zero-order chi connectivity index (χ0) is 10.7. The van der Waals surface area contributed by atoms with Gasteiger partial charge in [0, 0.05) is 0 Å². The molecule has 5 nitrogen and oxygen atoms in total. The number of carbonyl (C=O) groups excluding carboxylic acids is 1. The molecule has 0 aromatic carbocycles. The molecule has 0 saturated heterocycles. The van der Waals surface area contributed by atoms with Crippen molar-refractivity contribution in [3.05, 3.63) is 0 Å². The quantitative estimate of drug-likeness (QED) is 0.437. The molecule has 0 unspecified atom stereocenters. The van der Waals surface area contributed by atoms with Gasteiger partial charge in [0.05, 0.1) is 24.3 Å². The highest BCUT2D eigenvalue weighted by Gasteiger charge is 2.30. The summed E-state index contributed by atoms with van der Waals surface area (Å²) in [6, 6.07) is 0. The zero-order valence-corrected chi connectivity index (χ0v) is 8.29. The van der Waals surface area contributed by atoms with E-state index >= 15 is 0 Å². The lowest BCUT2D eigenvalue weighted by atomic mass is 10.0. The standard InChI is InChI=1S/C8H18N2O3/c1-7(2,9)6(13)10-8(3,4-11)5-12/h11-12H,4-5,9H2,1-3H3,(H,10,13). The van der Waals surface area contributed by atoms with Crippen molar-refractivity contribution in [1.82, 2.24) is 5.32 Å². The van der Waals surface area contributed by atoms with E-state index in [0.29, 0.717) is 0 Å². The smallest absolute Gasteiger partial charge is 0.240 e. The lowest BCUT2D eigenvalue weighted by molar-refractivity contribution is -0.128. The van der Waals surface area contributed by atoms with Gasteiger partial charge in [0.25, 0.3) is 0 Å². The number of rotatable bonds is 4. The number of aliphatic hydroxyl groups is 2. The topological polar surface area (TPSA) is 95.6 Å². The summed E-state index contributed by atoms with van der Waals surface area (Å²) in [5.41, 5.74) is 3.51. The molecule has 0 rings (SSSR count). The Morgan fingerprint density at radius 2 is 1.69 bits per heavy atom. The van der Waals surface area contributed by atoms with E-state index < -0.39 is 17.0 Å². The third-order valence-electron chi connectivity index (χ3n) is 1.70. The van der Waals surface area contributed by atoms with Gasteiger partial charge in [0.15, 0.2) is 0 Å². The lowest BCUT2D eigenvalue weighted by Gasteiger charge is -2.30. The molecule has 5 heteroatoms. The van der Waals surface area contributed by atoms with Crippen LogP contribution in [0.1, 0.15) is 20.8 Å². The molecular weight excluding hydrogens is 172 g/mol. The molecule has 13 heavy (non-hydrogen) atoms. The largest absolute Gasteiger partial charge is 0.394 e. The van der Waals surface area contributed by atoms with E-state index in [1.807, 2.05) is 0 Å². The summed E-state index contributed by atoms with van der Waals surface area (Å²) >= 11 is 0. The van der Waals surface area contributed by atoms with Gasteiger partial charge in [-0.15, -0.1) is 0 Å². The first-order chi connectivity index (χ1) is 5.75. The first kappa shape index (κ1) is 12.3. The summed E-state index contributed by atoms with van der Waals surface area (Å²) in [7, 11) is 0. The van der Waals surface area contributed by atoms with Crippen LogP contribution in [0.5, 0.6) is 0 Å². The molecular formula is C8H18N2O3. The number of nitrogens with one attached hydrogen (secondary N) is 1. The minimum atomic E-state index is -1.01. The van der Waals surface area contributed by atoms with Gasteiger partial charge < -0.3 is 21.3 Å². The second kappa shape index (κ2) is 4.04. The van der Waals surface area contributed by atoms with Crippen LogP contribution in [0.4, 0.5) is 0 Å². The van der Waals surface area contributed by atoms with Crippen LogP contribution >= 0.6 is 0 Å². The highest BCUT2D eigenvalue weighted by molar-refractivity contribution is 5.85. The molecule has 0 aliphatic carbocycles. The summed E-state index contributed by atoms with van der Waals surface area (Å²) < 4.78 is 0. The van der Waals surface area contributed by atoms with Gasteiger partial charge in [-0.25, -0.2) is 0 Å². The van der Waals surface area contributed by atoms with E-state index in [2.05, 4.69) is 5.32 Å². The monoisotopic (exact) mass is 190 g/mol. The summed E-state index contributed by atoms with van der Waals surface area (Å²) in [6.45, 7) is 3.99. The van der Waals surface area contributed by atoms with Crippen molar-refractivity contribution < 1.29 is 15.0 Å². The second-order valence-electron chi connectivity index (χ2n) is 4.05. The van der Waals surface area contributed by atoms with E-state index in [1.165, 1.54) is 6.92 Å². The zero-order valence-electron chi connectivity index (χ0n) is 8.29. The molecule has 0 aromatic rings. The van der Waals surface area contributed by atoms with Gasteiger partial charge in [0.1, 0.15) is 0 Å². The van der Waals surface area contributed by atoms with Gasteiger partial charge >= 0.3 is 0 Å². The lowest BCUT2D eigenvalue weighted by Crippen LogP contribution is -2.59. The maximum absolute atomic E-state index is 11.3. The van der Waals surface area contributed by atoms with Crippen LogP contribution in [0, 0.1) is 0 Å². The predicted molar refractivity (Wildman–Crippen MR) is 49.0 cm³/mol. The van der Waals surface area contributed by atoms with Crippen LogP contribution in [0.3, 0.4) is 0 Å². The Labute approximate surface area is 77.9 Å². The fraction of sp³-hybridized carbons (Fsp3) is 0.875. The minimum absolute atomic E-state index is 0.328. The van der Waals surface area contributed by atoms with Crippen LogP contribution in [0.25, 0.3) is 0 Å². The fourth-order valence-electron chi connectivity index (χ4n) is 0.564. The summed E-state index contributed by atoms with van der Waals surface area (Å²) in [6.07, 6.45) is 0. The van der Waals surface area contributed by atoms with Crippen molar-refractivity contribution in [2.24, 2.45) is 5.73 Å². The predicted octanol–water partition coefficient (Wildman–Crippen LogP) is -1.42. The van der Waals surface area contributed by atoms with Gasteiger partial charge in [-0.3, -0.25) is 4.79 Å².